The van der Waals surface area contributed by atoms with Gasteiger partial charge in [0.1, 0.15) is 0 Å². The molecule has 0 amide bonds. The van der Waals surface area contributed by atoms with Crippen LogP contribution in [0, 0.1) is 12.8 Å². The maximum atomic E-state index is 5.29. The second kappa shape index (κ2) is 5.19. The number of anilines is 1. The lowest BCUT2D eigenvalue weighted by Crippen LogP contribution is -2.12. The fraction of sp³-hybridized carbons (Fsp3) is 0.615. The molecule has 1 aliphatic carbocycles. The van der Waals surface area contributed by atoms with Crippen LogP contribution in [0.4, 0.5) is 5.82 Å². The summed E-state index contributed by atoms with van der Waals surface area (Å²) < 4.78 is 5.29. The summed E-state index contributed by atoms with van der Waals surface area (Å²) in [5.74, 6) is 2.53. The molecular formula is C13H20N2O. The molecule has 1 aromatic rings. The lowest BCUT2D eigenvalue weighted by molar-refractivity contribution is 0.414. The number of rotatable bonds is 4. The Hall–Kier alpha value is -1.25. The van der Waals surface area contributed by atoms with E-state index in [1.54, 1.807) is 7.11 Å². The maximum absolute atomic E-state index is 5.29. The number of pyridine rings is 1. The van der Waals surface area contributed by atoms with Crippen LogP contribution in [0.15, 0.2) is 12.1 Å². The van der Waals surface area contributed by atoms with Crippen LogP contribution in [0.25, 0.3) is 0 Å². The predicted octanol–water partition coefficient (Wildman–Crippen LogP) is 3.00. The highest BCUT2D eigenvalue weighted by molar-refractivity contribution is 5.50. The van der Waals surface area contributed by atoms with Gasteiger partial charge in [-0.15, -0.1) is 0 Å². The number of hydrogen-bond donors (Lipinski definition) is 1. The first kappa shape index (κ1) is 11.2. The van der Waals surface area contributed by atoms with E-state index in [0.717, 1.165) is 29.7 Å². The Morgan fingerprint density at radius 2 is 2.12 bits per heavy atom. The van der Waals surface area contributed by atoms with E-state index in [1.165, 1.54) is 25.7 Å². The molecule has 3 nitrogen and oxygen atoms in total. The molecule has 0 radical (unpaired) electrons. The van der Waals surface area contributed by atoms with E-state index in [-0.39, 0.29) is 0 Å². The van der Waals surface area contributed by atoms with Crippen LogP contribution < -0.4 is 10.1 Å². The van der Waals surface area contributed by atoms with E-state index in [9.17, 15) is 0 Å². The Morgan fingerprint density at radius 1 is 1.38 bits per heavy atom. The highest BCUT2D eigenvalue weighted by atomic mass is 16.5. The average molecular weight is 220 g/mol. The summed E-state index contributed by atoms with van der Waals surface area (Å²) in [6, 6.07) is 3.94. The van der Waals surface area contributed by atoms with Crippen molar-refractivity contribution in [3.8, 4) is 5.75 Å². The van der Waals surface area contributed by atoms with Crippen molar-refractivity contribution in [2.45, 2.75) is 32.6 Å². The number of methoxy groups -OCH3 is 1. The number of aromatic nitrogens is 1. The summed E-state index contributed by atoms with van der Waals surface area (Å²) in [6.45, 7) is 3.02. The highest BCUT2D eigenvalue weighted by Crippen LogP contribution is 2.27. The lowest BCUT2D eigenvalue weighted by atomic mass is 10.1. The smallest absolute Gasteiger partial charge is 0.168 e. The van der Waals surface area contributed by atoms with Gasteiger partial charge in [-0.1, -0.05) is 12.8 Å². The van der Waals surface area contributed by atoms with Gasteiger partial charge in [0.2, 0.25) is 0 Å². The van der Waals surface area contributed by atoms with Crippen molar-refractivity contribution in [1.82, 2.24) is 4.98 Å². The Bertz CT molecular complexity index is 346. The monoisotopic (exact) mass is 220 g/mol. The summed E-state index contributed by atoms with van der Waals surface area (Å²) >= 11 is 0. The van der Waals surface area contributed by atoms with Crippen LogP contribution in [0.3, 0.4) is 0 Å². The first-order chi connectivity index (χ1) is 7.79. The highest BCUT2D eigenvalue weighted by Gasteiger charge is 2.15. The van der Waals surface area contributed by atoms with Crippen molar-refractivity contribution in [2.24, 2.45) is 5.92 Å². The number of nitrogens with one attached hydrogen (secondary N) is 1. The SMILES string of the molecule is COc1ccc(C)nc1NCC1CCCC1. The zero-order valence-electron chi connectivity index (χ0n) is 10.1. The molecule has 2 rings (SSSR count). The third-order valence-electron chi connectivity index (χ3n) is 3.25. The second-order valence-electron chi connectivity index (χ2n) is 4.53. The average Bonchev–Trinajstić information content (AvgIpc) is 2.79. The van der Waals surface area contributed by atoms with Crippen LogP contribution in [0.2, 0.25) is 0 Å². The standard InChI is InChI=1S/C13H20N2O/c1-10-7-8-12(16-2)13(15-10)14-9-11-5-3-4-6-11/h7-8,11H,3-6,9H2,1-2H3,(H,14,15). The molecule has 1 heterocycles. The molecular weight excluding hydrogens is 200 g/mol. The topological polar surface area (TPSA) is 34.1 Å². The first-order valence-electron chi connectivity index (χ1n) is 6.05. The zero-order valence-corrected chi connectivity index (χ0v) is 10.1. The third-order valence-corrected chi connectivity index (χ3v) is 3.25. The predicted molar refractivity (Wildman–Crippen MR) is 66.0 cm³/mol. The molecule has 0 bridgehead atoms. The quantitative estimate of drug-likeness (QED) is 0.847. The fourth-order valence-corrected chi connectivity index (χ4v) is 2.29. The van der Waals surface area contributed by atoms with Crippen molar-refractivity contribution in [2.75, 3.05) is 19.0 Å². The van der Waals surface area contributed by atoms with Crippen molar-refractivity contribution in [3.63, 3.8) is 0 Å². The zero-order chi connectivity index (χ0) is 11.4. The maximum Gasteiger partial charge on any atom is 0.168 e. The van der Waals surface area contributed by atoms with E-state index in [4.69, 9.17) is 4.74 Å². The van der Waals surface area contributed by atoms with Crippen LogP contribution >= 0.6 is 0 Å². The van der Waals surface area contributed by atoms with Crippen LogP contribution in [0.1, 0.15) is 31.4 Å². The molecule has 0 spiro atoms. The van der Waals surface area contributed by atoms with Gasteiger partial charge in [0.25, 0.3) is 0 Å². The molecule has 0 aliphatic heterocycles. The van der Waals surface area contributed by atoms with E-state index < -0.39 is 0 Å². The third kappa shape index (κ3) is 2.65. The molecule has 16 heavy (non-hydrogen) atoms. The van der Waals surface area contributed by atoms with Gasteiger partial charge in [-0.25, -0.2) is 4.98 Å². The fourth-order valence-electron chi connectivity index (χ4n) is 2.29. The van der Waals surface area contributed by atoms with Gasteiger partial charge in [0.05, 0.1) is 7.11 Å². The summed E-state index contributed by atoms with van der Waals surface area (Å²) in [6.07, 6.45) is 5.46. The van der Waals surface area contributed by atoms with Gasteiger partial charge in [-0.05, 0) is 37.8 Å². The van der Waals surface area contributed by atoms with E-state index in [1.807, 2.05) is 19.1 Å². The number of aryl methyl sites for hydroxylation is 1. The molecule has 1 N–H and O–H groups in total. The van der Waals surface area contributed by atoms with Crippen LogP contribution in [-0.2, 0) is 0 Å². The normalized spacial score (nSPS) is 16.4. The molecule has 0 unspecified atom stereocenters. The van der Waals surface area contributed by atoms with E-state index >= 15 is 0 Å². The van der Waals surface area contributed by atoms with Gasteiger partial charge >= 0.3 is 0 Å². The van der Waals surface area contributed by atoms with E-state index in [0.29, 0.717) is 0 Å². The van der Waals surface area contributed by atoms with Crippen LogP contribution in [0.5, 0.6) is 5.75 Å². The van der Waals surface area contributed by atoms with Crippen molar-refractivity contribution < 1.29 is 4.74 Å². The number of hydrogen-bond acceptors (Lipinski definition) is 3. The van der Waals surface area contributed by atoms with Crippen molar-refractivity contribution in [3.05, 3.63) is 17.8 Å². The summed E-state index contributed by atoms with van der Waals surface area (Å²) in [7, 11) is 1.69. The van der Waals surface area contributed by atoms with Gasteiger partial charge in [0, 0.05) is 12.2 Å². The summed E-state index contributed by atoms with van der Waals surface area (Å²) in [4.78, 5) is 4.47. The summed E-state index contributed by atoms with van der Waals surface area (Å²) in [5.41, 5.74) is 1.02. The molecule has 0 saturated heterocycles. The lowest BCUT2D eigenvalue weighted by Gasteiger charge is -2.14. The summed E-state index contributed by atoms with van der Waals surface area (Å²) in [5, 5.41) is 3.41. The largest absolute Gasteiger partial charge is 0.493 e. The first-order valence-corrected chi connectivity index (χ1v) is 6.05. The molecule has 0 atom stereocenters. The molecule has 1 saturated carbocycles. The Morgan fingerprint density at radius 3 is 2.81 bits per heavy atom. The molecule has 1 aliphatic rings. The van der Waals surface area contributed by atoms with Gasteiger partial charge < -0.3 is 10.1 Å². The Balaban J connectivity index is 1.98. The van der Waals surface area contributed by atoms with Crippen molar-refractivity contribution in [1.29, 1.82) is 0 Å². The van der Waals surface area contributed by atoms with Gasteiger partial charge in [-0.3, -0.25) is 0 Å². The second-order valence-corrected chi connectivity index (χ2v) is 4.53. The van der Waals surface area contributed by atoms with Crippen LogP contribution in [-0.4, -0.2) is 18.6 Å². The van der Waals surface area contributed by atoms with Gasteiger partial charge in [-0.2, -0.15) is 0 Å². The molecule has 0 aromatic carbocycles. The minimum Gasteiger partial charge on any atom is -0.493 e. The van der Waals surface area contributed by atoms with Gasteiger partial charge in [0.15, 0.2) is 11.6 Å². The minimum absolute atomic E-state index is 0.812. The Labute approximate surface area is 97.2 Å². The molecule has 3 heteroatoms. The minimum atomic E-state index is 0.812. The molecule has 1 fully saturated rings. The number of nitrogens with zero attached hydrogens (tertiary/aromatic N) is 1. The molecule has 1 aromatic heterocycles. The van der Waals surface area contributed by atoms with E-state index in [2.05, 4.69) is 10.3 Å². The number of ether oxygens (including phenoxy) is 1. The Kier molecular flexibility index (Phi) is 3.65. The molecule has 88 valence electrons. The van der Waals surface area contributed by atoms with Crippen molar-refractivity contribution >= 4 is 5.82 Å².